The van der Waals surface area contributed by atoms with Crippen molar-refractivity contribution in [3.63, 3.8) is 0 Å². The molecule has 2 atom stereocenters. The topological polar surface area (TPSA) is 99.4 Å². The van der Waals surface area contributed by atoms with E-state index in [9.17, 15) is 5.26 Å². The van der Waals surface area contributed by atoms with E-state index < -0.39 is 5.92 Å². The first-order valence-corrected chi connectivity index (χ1v) is 11.0. The molecule has 0 aliphatic carbocycles. The number of benzene rings is 1. The molecule has 7 nitrogen and oxygen atoms in total. The van der Waals surface area contributed by atoms with Crippen molar-refractivity contribution in [2.75, 3.05) is 17.7 Å². The van der Waals surface area contributed by atoms with E-state index in [1.54, 1.807) is 7.05 Å². The second-order valence-corrected chi connectivity index (χ2v) is 8.50. The summed E-state index contributed by atoms with van der Waals surface area (Å²) in [6, 6.07) is 12.4. The van der Waals surface area contributed by atoms with Crippen molar-refractivity contribution in [3.05, 3.63) is 46.5 Å². The smallest absolute Gasteiger partial charge is 0.228 e. The predicted molar refractivity (Wildman–Crippen MR) is 122 cm³/mol. The minimum absolute atomic E-state index is 0.220. The molecule has 2 N–H and O–H groups in total. The van der Waals surface area contributed by atoms with Crippen molar-refractivity contribution in [2.45, 2.75) is 45.6 Å². The third-order valence-corrected chi connectivity index (χ3v) is 5.56. The van der Waals surface area contributed by atoms with Crippen molar-refractivity contribution in [1.29, 1.82) is 5.26 Å². The van der Waals surface area contributed by atoms with Crippen LogP contribution in [0.2, 0.25) is 0 Å². The molecule has 30 heavy (non-hydrogen) atoms. The largest absolute Gasteiger partial charge is 0.357 e. The summed E-state index contributed by atoms with van der Waals surface area (Å²) in [5.74, 6) is 1.28. The molecular weight excluding hydrogens is 394 g/mol. The maximum atomic E-state index is 9.87. The minimum Gasteiger partial charge on any atom is -0.357 e. The summed E-state index contributed by atoms with van der Waals surface area (Å²) in [6.45, 7) is 6.53. The van der Waals surface area contributed by atoms with E-state index in [-0.39, 0.29) is 6.04 Å². The van der Waals surface area contributed by atoms with Gasteiger partial charge in [-0.05, 0) is 25.7 Å². The quantitative estimate of drug-likeness (QED) is 0.505. The number of rotatable bonds is 9. The zero-order valence-electron chi connectivity index (χ0n) is 17.8. The van der Waals surface area contributed by atoms with E-state index in [1.165, 1.54) is 11.3 Å². The summed E-state index contributed by atoms with van der Waals surface area (Å²) in [7, 11) is 1.75. The van der Waals surface area contributed by atoms with Gasteiger partial charge in [0.15, 0.2) is 11.7 Å². The molecule has 1 aromatic carbocycles. The fourth-order valence-electron chi connectivity index (χ4n) is 2.96. The number of thiazole rings is 1. The lowest BCUT2D eigenvalue weighted by molar-refractivity contribution is 0.526. The van der Waals surface area contributed by atoms with Gasteiger partial charge in [-0.15, -0.1) is 11.3 Å². The monoisotopic (exact) mass is 421 g/mol. The highest BCUT2D eigenvalue weighted by Crippen LogP contribution is 2.29. The van der Waals surface area contributed by atoms with Crippen LogP contribution in [0, 0.1) is 17.2 Å². The summed E-state index contributed by atoms with van der Waals surface area (Å²) in [4.78, 5) is 18.1. The first kappa shape index (κ1) is 21.7. The number of nitriles is 1. The summed E-state index contributed by atoms with van der Waals surface area (Å²) in [5, 5.41) is 18.8. The molecule has 2 aromatic heterocycles. The molecule has 2 heterocycles. The van der Waals surface area contributed by atoms with E-state index in [0.29, 0.717) is 28.6 Å². The number of aromatic nitrogens is 4. The normalized spacial score (nSPS) is 12.9. The predicted octanol–water partition coefficient (Wildman–Crippen LogP) is 4.93. The standard InChI is InChI=1S/C22H27N7S/c1-14(2)10-11-15(3)25-22-28-19(27-21(24-4)29-22)17(12-23)20-26-18(13-30-20)16-8-6-5-7-9-16/h5-9,13-15,17H,10-11H2,1-4H3,(H2,24,25,27,28,29). The van der Waals surface area contributed by atoms with Crippen LogP contribution in [0.15, 0.2) is 35.7 Å². The molecule has 0 amide bonds. The van der Waals surface area contributed by atoms with Crippen LogP contribution in [0.5, 0.6) is 0 Å². The number of anilines is 2. The third kappa shape index (κ3) is 5.51. The Bertz CT molecular complexity index is 994. The number of hydrogen-bond acceptors (Lipinski definition) is 8. The molecule has 0 aliphatic rings. The van der Waals surface area contributed by atoms with Crippen molar-refractivity contribution < 1.29 is 0 Å². The van der Waals surface area contributed by atoms with Crippen molar-refractivity contribution in [1.82, 2.24) is 19.9 Å². The Hall–Kier alpha value is -3.05. The highest BCUT2D eigenvalue weighted by molar-refractivity contribution is 7.10. The first-order chi connectivity index (χ1) is 14.5. The Morgan fingerprint density at radius 1 is 1.00 bits per heavy atom. The van der Waals surface area contributed by atoms with Gasteiger partial charge in [-0.3, -0.25) is 0 Å². The summed E-state index contributed by atoms with van der Waals surface area (Å²) in [6.07, 6.45) is 2.13. The lowest BCUT2D eigenvalue weighted by Gasteiger charge is -2.16. The fourth-order valence-corrected chi connectivity index (χ4v) is 3.83. The molecule has 3 aromatic rings. The molecule has 0 saturated heterocycles. The van der Waals surface area contributed by atoms with Crippen LogP contribution in [0.1, 0.15) is 50.4 Å². The van der Waals surface area contributed by atoms with Gasteiger partial charge in [-0.25, -0.2) is 4.98 Å². The molecular formula is C22H27N7S. The van der Waals surface area contributed by atoms with E-state index in [1.807, 2.05) is 35.7 Å². The van der Waals surface area contributed by atoms with Crippen LogP contribution >= 0.6 is 11.3 Å². The third-order valence-electron chi connectivity index (χ3n) is 4.65. The molecule has 0 fully saturated rings. The average Bonchev–Trinajstić information content (AvgIpc) is 3.23. The second kappa shape index (κ2) is 10.1. The van der Waals surface area contributed by atoms with Crippen LogP contribution in [0.25, 0.3) is 11.3 Å². The molecule has 0 spiro atoms. The Morgan fingerprint density at radius 3 is 2.40 bits per heavy atom. The van der Waals surface area contributed by atoms with Gasteiger partial charge in [0.2, 0.25) is 11.9 Å². The van der Waals surface area contributed by atoms with Gasteiger partial charge in [-0.2, -0.15) is 20.2 Å². The van der Waals surface area contributed by atoms with Gasteiger partial charge in [0.25, 0.3) is 0 Å². The maximum Gasteiger partial charge on any atom is 0.228 e. The van der Waals surface area contributed by atoms with Gasteiger partial charge in [0.1, 0.15) is 5.01 Å². The lowest BCUT2D eigenvalue weighted by atomic mass is 10.0. The molecule has 8 heteroatoms. The van der Waals surface area contributed by atoms with Crippen LogP contribution in [0.4, 0.5) is 11.9 Å². The Morgan fingerprint density at radius 2 is 1.73 bits per heavy atom. The van der Waals surface area contributed by atoms with Crippen LogP contribution in [-0.2, 0) is 0 Å². The zero-order valence-corrected chi connectivity index (χ0v) is 18.6. The van der Waals surface area contributed by atoms with Gasteiger partial charge >= 0.3 is 0 Å². The van der Waals surface area contributed by atoms with Gasteiger partial charge < -0.3 is 10.6 Å². The summed E-state index contributed by atoms with van der Waals surface area (Å²) < 4.78 is 0. The fraction of sp³-hybridized carbons (Fsp3) is 0.409. The van der Waals surface area contributed by atoms with Crippen LogP contribution in [0.3, 0.4) is 0 Å². The van der Waals surface area contributed by atoms with Crippen molar-refractivity contribution in [3.8, 4) is 17.3 Å². The van der Waals surface area contributed by atoms with Gasteiger partial charge in [0, 0.05) is 24.0 Å². The molecule has 156 valence electrons. The highest BCUT2D eigenvalue weighted by atomic mass is 32.1. The molecule has 0 aliphatic heterocycles. The number of hydrogen-bond donors (Lipinski definition) is 2. The SMILES string of the molecule is CNc1nc(NC(C)CCC(C)C)nc(C(C#N)c2nc(-c3ccccc3)cs2)n1. The van der Waals surface area contributed by atoms with Crippen molar-refractivity contribution in [2.24, 2.45) is 5.92 Å². The van der Waals surface area contributed by atoms with E-state index in [4.69, 9.17) is 0 Å². The lowest BCUT2D eigenvalue weighted by Crippen LogP contribution is -2.20. The average molecular weight is 422 g/mol. The van der Waals surface area contributed by atoms with Gasteiger partial charge in [-0.1, -0.05) is 44.2 Å². The van der Waals surface area contributed by atoms with Crippen LogP contribution in [-0.4, -0.2) is 33.0 Å². The van der Waals surface area contributed by atoms with Crippen molar-refractivity contribution >= 4 is 23.2 Å². The molecule has 3 rings (SSSR count). The van der Waals surface area contributed by atoms with Gasteiger partial charge in [0.05, 0.1) is 11.8 Å². The highest BCUT2D eigenvalue weighted by Gasteiger charge is 2.23. The number of nitrogens with one attached hydrogen (secondary N) is 2. The molecule has 2 unspecified atom stereocenters. The zero-order chi connectivity index (χ0) is 21.5. The Balaban J connectivity index is 1.86. The van der Waals surface area contributed by atoms with E-state index in [2.05, 4.69) is 57.4 Å². The first-order valence-electron chi connectivity index (χ1n) is 10.1. The summed E-state index contributed by atoms with van der Waals surface area (Å²) in [5.41, 5.74) is 1.86. The van der Waals surface area contributed by atoms with E-state index in [0.717, 1.165) is 24.1 Å². The molecule has 0 radical (unpaired) electrons. The Labute approximate surface area is 181 Å². The second-order valence-electron chi connectivity index (χ2n) is 7.61. The molecule has 0 saturated carbocycles. The number of nitrogens with zero attached hydrogens (tertiary/aromatic N) is 5. The van der Waals surface area contributed by atoms with Crippen LogP contribution < -0.4 is 10.6 Å². The summed E-state index contributed by atoms with van der Waals surface area (Å²) >= 11 is 1.44. The minimum atomic E-state index is -0.658. The maximum absolute atomic E-state index is 9.87. The Kier molecular flexibility index (Phi) is 7.31. The van der Waals surface area contributed by atoms with E-state index >= 15 is 0 Å². The molecule has 0 bridgehead atoms.